The number of halogens is 1. The van der Waals surface area contributed by atoms with Gasteiger partial charge in [-0.25, -0.2) is 9.78 Å². The first kappa shape index (κ1) is 16.3. The molecule has 0 aliphatic carbocycles. The quantitative estimate of drug-likeness (QED) is 0.619. The first-order valence-electron chi connectivity index (χ1n) is 7.33. The average molecular weight is 387 g/mol. The van der Waals surface area contributed by atoms with Gasteiger partial charge in [-0.15, -0.1) is 0 Å². The number of para-hydroxylation sites is 1. The smallest absolute Gasteiger partial charge is 0.449 e. The minimum absolute atomic E-state index is 0.235. The number of aryl methyl sites for hydroxylation is 1. The Balaban J connectivity index is 2.02. The predicted octanol–water partition coefficient (Wildman–Crippen LogP) is 4.97. The van der Waals surface area contributed by atoms with Crippen LogP contribution in [-0.2, 0) is 6.54 Å². The zero-order valence-corrected chi connectivity index (χ0v) is 14.5. The summed E-state index contributed by atoms with van der Waals surface area (Å²) in [6.45, 7) is 2.27. The molecule has 0 saturated carbocycles. The van der Waals surface area contributed by atoms with E-state index in [9.17, 15) is 4.79 Å². The van der Waals surface area contributed by atoms with Gasteiger partial charge >= 0.3 is 6.16 Å². The van der Waals surface area contributed by atoms with Gasteiger partial charge in [0.25, 0.3) is 0 Å². The fourth-order valence-electron chi connectivity index (χ4n) is 2.50. The third-order valence-corrected chi connectivity index (χ3v) is 4.12. The van der Waals surface area contributed by atoms with Crippen molar-refractivity contribution in [1.82, 2.24) is 4.98 Å². The van der Waals surface area contributed by atoms with Gasteiger partial charge in [0.1, 0.15) is 0 Å². The van der Waals surface area contributed by atoms with E-state index >= 15 is 0 Å². The van der Waals surface area contributed by atoms with E-state index in [-0.39, 0.29) is 5.75 Å². The lowest BCUT2D eigenvalue weighted by molar-refractivity contribution is 0.144. The second-order valence-corrected chi connectivity index (χ2v) is 6.18. The first-order chi connectivity index (χ1) is 11.5. The highest BCUT2D eigenvalue weighted by molar-refractivity contribution is 9.10. The second kappa shape index (κ2) is 6.88. The fraction of sp³-hybridized carbons (Fsp3) is 0.111. The summed E-state index contributed by atoms with van der Waals surface area (Å²) in [6, 6.07) is 15.5. The van der Waals surface area contributed by atoms with E-state index in [1.165, 1.54) is 0 Å². The van der Waals surface area contributed by atoms with Gasteiger partial charge in [-0.1, -0.05) is 46.3 Å². The van der Waals surface area contributed by atoms with Crippen LogP contribution in [0.1, 0.15) is 11.3 Å². The normalized spacial score (nSPS) is 10.6. The van der Waals surface area contributed by atoms with Crippen molar-refractivity contribution in [2.24, 2.45) is 0 Å². The number of nitrogens with zero attached hydrogens (tertiary/aromatic N) is 1. The molecule has 0 atom stereocenters. The number of benzene rings is 2. The standard InChI is InChI=1S/C18H15BrN2O3/c1-11-17(24-18(22)23)16(14-4-2-3-5-15(14)21-11)20-10-12-6-8-13(19)9-7-12/h2-9H,10H2,1H3,(H,20,21)(H,22,23). The number of rotatable bonds is 4. The van der Waals surface area contributed by atoms with Gasteiger partial charge < -0.3 is 15.2 Å². The average Bonchev–Trinajstić information content (AvgIpc) is 2.56. The minimum atomic E-state index is -1.36. The largest absolute Gasteiger partial charge is 0.511 e. The molecule has 5 nitrogen and oxygen atoms in total. The Bertz CT molecular complexity index is 895. The maximum absolute atomic E-state index is 11.0. The maximum atomic E-state index is 11.0. The van der Waals surface area contributed by atoms with E-state index in [1.807, 2.05) is 48.5 Å². The van der Waals surface area contributed by atoms with E-state index in [4.69, 9.17) is 9.84 Å². The van der Waals surface area contributed by atoms with Gasteiger partial charge in [0, 0.05) is 16.4 Å². The fourth-order valence-corrected chi connectivity index (χ4v) is 2.76. The van der Waals surface area contributed by atoms with Crippen molar-refractivity contribution in [3.8, 4) is 5.75 Å². The molecule has 122 valence electrons. The highest BCUT2D eigenvalue weighted by Gasteiger charge is 2.16. The molecule has 0 radical (unpaired) electrons. The van der Waals surface area contributed by atoms with Crippen LogP contribution in [-0.4, -0.2) is 16.2 Å². The minimum Gasteiger partial charge on any atom is -0.449 e. The lowest BCUT2D eigenvalue weighted by Crippen LogP contribution is -2.10. The summed E-state index contributed by atoms with van der Waals surface area (Å²) in [5, 5.41) is 13.1. The topological polar surface area (TPSA) is 71.5 Å². The summed E-state index contributed by atoms with van der Waals surface area (Å²) in [5.74, 6) is 0.235. The molecule has 1 heterocycles. The van der Waals surface area contributed by atoms with Crippen molar-refractivity contribution in [2.45, 2.75) is 13.5 Å². The predicted molar refractivity (Wildman–Crippen MR) is 96.6 cm³/mol. The number of hydrogen-bond donors (Lipinski definition) is 2. The Morgan fingerprint density at radius 2 is 1.92 bits per heavy atom. The van der Waals surface area contributed by atoms with Crippen molar-refractivity contribution in [1.29, 1.82) is 0 Å². The molecular formula is C18H15BrN2O3. The molecule has 24 heavy (non-hydrogen) atoms. The zero-order valence-electron chi connectivity index (χ0n) is 12.9. The van der Waals surface area contributed by atoms with Gasteiger partial charge in [0.15, 0.2) is 5.75 Å². The van der Waals surface area contributed by atoms with Crippen LogP contribution in [0.15, 0.2) is 53.0 Å². The van der Waals surface area contributed by atoms with Crippen molar-refractivity contribution in [3.63, 3.8) is 0 Å². The molecule has 0 aliphatic heterocycles. The molecule has 0 bridgehead atoms. The van der Waals surface area contributed by atoms with E-state index in [1.54, 1.807) is 6.92 Å². The second-order valence-electron chi connectivity index (χ2n) is 5.27. The molecule has 2 N–H and O–H groups in total. The molecular weight excluding hydrogens is 372 g/mol. The highest BCUT2D eigenvalue weighted by Crippen LogP contribution is 2.35. The molecule has 6 heteroatoms. The van der Waals surface area contributed by atoms with Crippen LogP contribution in [0.2, 0.25) is 0 Å². The monoisotopic (exact) mass is 386 g/mol. The number of ether oxygens (including phenoxy) is 1. The van der Waals surface area contributed by atoms with Crippen LogP contribution in [0.5, 0.6) is 5.75 Å². The molecule has 0 saturated heterocycles. The van der Waals surface area contributed by atoms with Crippen molar-refractivity contribution >= 4 is 38.7 Å². The summed E-state index contributed by atoms with van der Waals surface area (Å²) in [5.41, 5.74) is 3.00. The Morgan fingerprint density at radius 3 is 2.62 bits per heavy atom. The number of hydrogen-bond acceptors (Lipinski definition) is 4. The highest BCUT2D eigenvalue weighted by atomic mass is 79.9. The van der Waals surface area contributed by atoms with E-state index < -0.39 is 6.16 Å². The molecule has 0 spiro atoms. The summed E-state index contributed by atoms with van der Waals surface area (Å²) in [4.78, 5) is 15.5. The Hall–Kier alpha value is -2.60. The number of carboxylic acid groups (broad SMARTS) is 1. The maximum Gasteiger partial charge on any atom is 0.511 e. The van der Waals surface area contributed by atoms with E-state index in [0.29, 0.717) is 17.9 Å². The van der Waals surface area contributed by atoms with Crippen molar-refractivity contribution in [3.05, 3.63) is 64.3 Å². The van der Waals surface area contributed by atoms with Crippen LogP contribution in [0.25, 0.3) is 10.9 Å². The van der Waals surface area contributed by atoms with E-state index in [2.05, 4.69) is 26.2 Å². The number of aromatic nitrogens is 1. The molecule has 1 aromatic heterocycles. The summed E-state index contributed by atoms with van der Waals surface area (Å²) in [6.07, 6.45) is -1.36. The van der Waals surface area contributed by atoms with Gasteiger partial charge in [-0.2, -0.15) is 0 Å². The molecule has 0 unspecified atom stereocenters. The van der Waals surface area contributed by atoms with E-state index in [0.717, 1.165) is 20.9 Å². The van der Waals surface area contributed by atoms with Crippen LogP contribution in [0.3, 0.4) is 0 Å². The van der Waals surface area contributed by atoms with Gasteiger partial charge in [-0.3, -0.25) is 0 Å². The molecule has 3 aromatic rings. The number of fused-ring (bicyclic) bond motifs is 1. The lowest BCUT2D eigenvalue weighted by atomic mass is 10.1. The van der Waals surface area contributed by atoms with Crippen LogP contribution < -0.4 is 10.1 Å². The van der Waals surface area contributed by atoms with Crippen molar-refractivity contribution in [2.75, 3.05) is 5.32 Å². The summed E-state index contributed by atoms with van der Waals surface area (Å²) in [7, 11) is 0. The molecule has 2 aromatic carbocycles. The summed E-state index contributed by atoms with van der Waals surface area (Å²) >= 11 is 3.41. The first-order valence-corrected chi connectivity index (χ1v) is 8.12. The SMILES string of the molecule is Cc1nc2ccccc2c(NCc2ccc(Br)cc2)c1OC(=O)O. The van der Waals surface area contributed by atoms with Gasteiger partial charge in [-0.05, 0) is 30.7 Å². The van der Waals surface area contributed by atoms with Crippen LogP contribution in [0.4, 0.5) is 10.5 Å². The van der Waals surface area contributed by atoms with Crippen LogP contribution >= 0.6 is 15.9 Å². The van der Waals surface area contributed by atoms with Crippen LogP contribution in [0, 0.1) is 6.92 Å². The number of pyridine rings is 1. The van der Waals surface area contributed by atoms with Gasteiger partial charge in [0.2, 0.25) is 0 Å². The number of anilines is 1. The molecule has 3 rings (SSSR count). The van der Waals surface area contributed by atoms with Crippen molar-refractivity contribution < 1.29 is 14.6 Å². The third kappa shape index (κ3) is 3.49. The Kier molecular flexibility index (Phi) is 4.66. The third-order valence-electron chi connectivity index (χ3n) is 3.59. The molecule has 0 aliphatic rings. The Labute approximate surface area is 147 Å². The lowest BCUT2D eigenvalue weighted by Gasteiger charge is -2.15. The summed E-state index contributed by atoms with van der Waals surface area (Å²) < 4.78 is 5.98. The Morgan fingerprint density at radius 1 is 1.21 bits per heavy atom. The van der Waals surface area contributed by atoms with Gasteiger partial charge in [0.05, 0.1) is 16.9 Å². The number of nitrogens with one attached hydrogen (secondary N) is 1. The molecule has 0 fully saturated rings. The zero-order chi connectivity index (χ0) is 17.1. The molecule has 0 amide bonds. The number of carbonyl (C=O) groups is 1.